The molecule has 1 N–H and O–H groups in total. The highest BCUT2D eigenvalue weighted by Crippen LogP contribution is 2.30. The van der Waals surface area contributed by atoms with E-state index in [9.17, 15) is 9.18 Å². The molecule has 144 valence electrons. The van der Waals surface area contributed by atoms with Gasteiger partial charge in [0.05, 0.1) is 24.8 Å². The van der Waals surface area contributed by atoms with Gasteiger partial charge in [0.25, 0.3) is 0 Å². The standard InChI is InChI=1S/C19H20FN7O/c1-26-9-15(22-11-26)18-24-14-5-3-4-13(14)19(25-18)27(2)10-17(28)23-12-6-7-16(20)21-8-12/h6-9,11H,3-5,10H2,1-2H3,(H,23,28). The van der Waals surface area contributed by atoms with Gasteiger partial charge in [0.15, 0.2) is 5.82 Å². The molecule has 0 atom stereocenters. The van der Waals surface area contributed by atoms with E-state index in [0.29, 0.717) is 17.2 Å². The molecule has 1 amide bonds. The third kappa shape index (κ3) is 3.68. The molecule has 0 saturated heterocycles. The number of halogens is 1. The highest BCUT2D eigenvalue weighted by molar-refractivity contribution is 5.93. The minimum Gasteiger partial charge on any atom is -0.350 e. The van der Waals surface area contributed by atoms with Gasteiger partial charge >= 0.3 is 0 Å². The van der Waals surface area contributed by atoms with Crippen LogP contribution in [-0.2, 0) is 24.7 Å². The lowest BCUT2D eigenvalue weighted by molar-refractivity contribution is -0.114. The first-order chi connectivity index (χ1) is 13.5. The fraction of sp³-hybridized carbons (Fsp3) is 0.316. The molecule has 3 aromatic rings. The van der Waals surface area contributed by atoms with Crippen LogP contribution < -0.4 is 10.2 Å². The highest BCUT2D eigenvalue weighted by atomic mass is 19.1. The van der Waals surface area contributed by atoms with E-state index < -0.39 is 5.95 Å². The molecule has 0 radical (unpaired) electrons. The predicted molar refractivity (Wildman–Crippen MR) is 102 cm³/mol. The Kier molecular flexibility index (Phi) is 4.72. The number of aryl methyl sites for hydroxylation is 2. The number of carbonyl (C=O) groups excluding carboxylic acids is 1. The molecule has 0 unspecified atom stereocenters. The zero-order chi connectivity index (χ0) is 19.7. The van der Waals surface area contributed by atoms with E-state index >= 15 is 0 Å². The summed E-state index contributed by atoms with van der Waals surface area (Å²) in [6.07, 6.45) is 7.67. The normalized spacial score (nSPS) is 12.7. The van der Waals surface area contributed by atoms with Crippen LogP contribution in [0, 0.1) is 5.95 Å². The molecule has 9 heteroatoms. The SMILES string of the molecule is CN(CC(=O)Nc1ccc(F)nc1)c1nc(-c2cn(C)cn2)nc2c1CCC2. The Morgan fingerprint density at radius 1 is 1.29 bits per heavy atom. The van der Waals surface area contributed by atoms with E-state index in [1.165, 1.54) is 18.3 Å². The second-order valence-electron chi connectivity index (χ2n) is 6.85. The van der Waals surface area contributed by atoms with Crippen LogP contribution in [0.5, 0.6) is 0 Å². The van der Waals surface area contributed by atoms with Crippen molar-refractivity contribution in [3.05, 3.63) is 48.1 Å². The quantitative estimate of drug-likeness (QED) is 0.680. The molecule has 1 aliphatic rings. The minimum absolute atomic E-state index is 0.0997. The number of carbonyl (C=O) groups is 1. The molecule has 0 spiro atoms. The Bertz CT molecular complexity index is 1020. The van der Waals surface area contributed by atoms with Crippen molar-refractivity contribution in [3.63, 3.8) is 0 Å². The van der Waals surface area contributed by atoms with Gasteiger partial charge in [-0.05, 0) is 31.4 Å². The summed E-state index contributed by atoms with van der Waals surface area (Å²) in [5, 5.41) is 2.72. The van der Waals surface area contributed by atoms with E-state index in [0.717, 1.165) is 36.3 Å². The second kappa shape index (κ2) is 7.34. The average molecular weight is 381 g/mol. The number of anilines is 2. The molecule has 0 aromatic carbocycles. The van der Waals surface area contributed by atoms with Gasteiger partial charge in [-0.15, -0.1) is 0 Å². The lowest BCUT2D eigenvalue weighted by Crippen LogP contribution is -2.31. The topological polar surface area (TPSA) is 88.8 Å². The summed E-state index contributed by atoms with van der Waals surface area (Å²) in [5.74, 6) is 0.483. The van der Waals surface area contributed by atoms with E-state index in [2.05, 4.69) is 20.3 Å². The zero-order valence-corrected chi connectivity index (χ0v) is 15.7. The Morgan fingerprint density at radius 3 is 2.86 bits per heavy atom. The molecule has 3 heterocycles. The van der Waals surface area contributed by atoms with Crippen molar-refractivity contribution < 1.29 is 9.18 Å². The van der Waals surface area contributed by atoms with Gasteiger partial charge < -0.3 is 14.8 Å². The molecule has 0 aliphatic heterocycles. The van der Waals surface area contributed by atoms with E-state index in [1.807, 2.05) is 29.8 Å². The number of hydrogen-bond donors (Lipinski definition) is 1. The Hall–Kier alpha value is -3.36. The van der Waals surface area contributed by atoms with Crippen molar-refractivity contribution in [3.8, 4) is 11.5 Å². The van der Waals surface area contributed by atoms with E-state index in [-0.39, 0.29) is 12.5 Å². The molecule has 8 nitrogen and oxygen atoms in total. The van der Waals surface area contributed by atoms with E-state index in [4.69, 9.17) is 4.98 Å². The molecular weight excluding hydrogens is 361 g/mol. The number of aromatic nitrogens is 5. The summed E-state index contributed by atoms with van der Waals surface area (Å²) in [6.45, 7) is 0.0997. The third-order valence-corrected chi connectivity index (χ3v) is 4.60. The van der Waals surface area contributed by atoms with Crippen molar-refractivity contribution in [2.24, 2.45) is 7.05 Å². The number of imidazole rings is 1. The maximum Gasteiger partial charge on any atom is 0.243 e. The zero-order valence-electron chi connectivity index (χ0n) is 15.7. The number of nitrogens with one attached hydrogen (secondary N) is 1. The Balaban J connectivity index is 1.56. The van der Waals surface area contributed by atoms with Gasteiger partial charge in [0.1, 0.15) is 11.5 Å². The first-order valence-electron chi connectivity index (χ1n) is 9.00. The molecule has 1 aliphatic carbocycles. The lowest BCUT2D eigenvalue weighted by Gasteiger charge is -2.21. The molecule has 0 bridgehead atoms. The smallest absolute Gasteiger partial charge is 0.243 e. The van der Waals surface area contributed by atoms with Crippen molar-refractivity contribution in [2.45, 2.75) is 19.3 Å². The minimum atomic E-state index is -0.589. The fourth-order valence-corrected chi connectivity index (χ4v) is 3.31. The predicted octanol–water partition coefficient (Wildman–Crippen LogP) is 1.97. The molecule has 4 rings (SSSR count). The van der Waals surface area contributed by atoms with Crippen LogP contribution in [0.25, 0.3) is 11.5 Å². The number of pyridine rings is 1. The van der Waals surface area contributed by atoms with Crippen LogP contribution in [-0.4, -0.2) is 44.0 Å². The van der Waals surface area contributed by atoms with Gasteiger partial charge in [-0.1, -0.05) is 0 Å². The number of rotatable bonds is 5. The van der Waals surface area contributed by atoms with Crippen LogP contribution >= 0.6 is 0 Å². The molecule has 0 fully saturated rings. The summed E-state index contributed by atoms with van der Waals surface area (Å²) in [7, 11) is 3.72. The summed E-state index contributed by atoms with van der Waals surface area (Å²) >= 11 is 0. The average Bonchev–Trinajstić information content (AvgIpc) is 3.31. The van der Waals surface area contributed by atoms with Crippen molar-refractivity contribution >= 4 is 17.4 Å². The van der Waals surface area contributed by atoms with Gasteiger partial charge in [0.2, 0.25) is 11.9 Å². The summed E-state index contributed by atoms with van der Waals surface area (Å²) in [4.78, 5) is 31.5. The third-order valence-electron chi connectivity index (χ3n) is 4.60. The van der Waals surface area contributed by atoms with Gasteiger partial charge in [-0.3, -0.25) is 4.79 Å². The van der Waals surface area contributed by atoms with Crippen LogP contribution in [0.3, 0.4) is 0 Å². The number of fused-ring (bicyclic) bond motifs is 1. The summed E-state index contributed by atoms with van der Waals surface area (Å²) < 4.78 is 14.8. The molecule has 0 saturated carbocycles. The largest absolute Gasteiger partial charge is 0.350 e. The van der Waals surface area contributed by atoms with Crippen molar-refractivity contribution in [1.29, 1.82) is 0 Å². The molecular formula is C19H20FN7O. The summed E-state index contributed by atoms with van der Waals surface area (Å²) in [5.41, 5.74) is 3.25. The van der Waals surface area contributed by atoms with Crippen LogP contribution in [0.15, 0.2) is 30.9 Å². The van der Waals surface area contributed by atoms with Crippen molar-refractivity contribution in [1.82, 2.24) is 24.5 Å². The van der Waals surface area contributed by atoms with E-state index in [1.54, 1.807) is 6.33 Å². The van der Waals surface area contributed by atoms with Gasteiger partial charge in [-0.2, -0.15) is 4.39 Å². The first-order valence-corrected chi connectivity index (χ1v) is 9.00. The van der Waals surface area contributed by atoms with Crippen LogP contribution in [0.1, 0.15) is 17.7 Å². The van der Waals surface area contributed by atoms with Crippen molar-refractivity contribution in [2.75, 3.05) is 23.8 Å². The Labute approximate surface area is 161 Å². The van der Waals surface area contributed by atoms with Gasteiger partial charge in [0, 0.05) is 31.5 Å². The maximum atomic E-state index is 12.9. The molecule has 28 heavy (non-hydrogen) atoms. The maximum absolute atomic E-state index is 12.9. The number of likely N-dealkylation sites (N-methyl/N-ethyl adjacent to an activating group) is 1. The lowest BCUT2D eigenvalue weighted by atomic mass is 10.2. The van der Waals surface area contributed by atoms with Crippen LogP contribution in [0.2, 0.25) is 0 Å². The first kappa shape index (κ1) is 18.0. The number of amides is 1. The van der Waals surface area contributed by atoms with Crippen LogP contribution in [0.4, 0.5) is 15.9 Å². The number of nitrogens with zero attached hydrogens (tertiary/aromatic N) is 6. The number of hydrogen-bond acceptors (Lipinski definition) is 6. The second-order valence-corrected chi connectivity index (χ2v) is 6.85. The highest BCUT2D eigenvalue weighted by Gasteiger charge is 2.23. The Morgan fingerprint density at radius 2 is 2.14 bits per heavy atom. The fourth-order valence-electron chi connectivity index (χ4n) is 3.31. The molecule has 3 aromatic heterocycles. The van der Waals surface area contributed by atoms with Gasteiger partial charge in [-0.25, -0.2) is 19.9 Å². The summed E-state index contributed by atoms with van der Waals surface area (Å²) in [6, 6.07) is 2.68. The monoisotopic (exact) mass is 381 g/mol.